The van der Waals surface area contributed by atoms with Crippen molar-refractivity contribution in [1.29, 1.82) is 0 Å². The summed E-state index contributed by atoms with van der Waals surface area (Å²) in [7, 11) is 0. The van der Waals surface area contributed by atoms with Crippen LogP contribution in [0.4, 0.5) is 8.78 Å². The average Bonchev–Trinajstić information content (AvgIpc) is 2.55. The molecule has 0 fully saturated rings. The van der Waals surface area contributed by atoms with Crippen LogP contribution in [0.25, 0.3) is 11.1 Å². The standard InChI is InChI=1S/C18H15F2NO/c1-2-18(22)21-8-7-12-3-4-13(9-15(12)11-21)14-5-6-16(19)17(20)10-14/h2-6,9-10H,1,7-8,11H2. The predicted octanol–water partition coefficient (Wildman–Crippen LogP) is 3.70. The molecule has 0 unspecified atom stereocenters. The van der Waals surface area contributed by atoms with Crippen LogP contribution in [0.3, 0.4) is 0 Å². The van der Waals surface area contributed by atoms with Crippen molar-refractivity contribution in [3.8, 4) is 11.1 Å². The van der Waals surface area contributed by atoms with E-state index in [1.54, 1.807) is 11.0 Å². The Morgan fingerprint density at radius 3 is 2.50 bits per heavy atom. The smallest absolute Gasteiger partial charge is 0.246 e. The average molecular weight is 299 g/mol. The molecule has 1 aliphatic heterocycles. The van der Waals surface area contributed by atoms with E-state index in [2.05, 4.69) is 6.58 Å². The summed E-state index contributed by atoms with van der Waals surface area (Å²) in [6.45, 7) is 4.69. The number of hydrogen-bond donors (Lipinski definition) is 0. The molecule has 0 saturated carbocycles. The third-order valence-corrected chi connectivity index (χ3v) is 3.96. The highest BCUT2D eigenvalue weighted by Gasteiger charge is 2.19. The maximum atomic E-state index is 13.4. The van der Waals surface area contributed by atoms with Crippen LogP contribution >= 0.6 is 0 Å². The number of nitrogens with zero attached hydrogens (tertiary/aromatic N) is 1. The minimum atomic E-state index is -0.862. The van der Waals surface area contributed by atoms with Crippen LogP contribution in [-0.4, -0.2) is 17.4 Å². The van der Waals surface area contributed by atoms with Crippen molar-refractivity contribution in [1.82, 2.24) is 4.90 Å². The second kappa shape index (κ2) is 5.72. The van der Waals surface area contributed by atoms with Gasteiger partial charge < -0.3 is 4.90 Å². The topological polar surface area (TPSA) is 20.3 Å². The summed E-state index contributed by atoms with van der Waals surface area (Å²) in [5.41, 5.74) is 3.64. The van der Waals surface area contributed by atoms with Crippen molar-refractivity contribution >= 4 is 5.91 Å². The van der Waals surface area contributed by atoms with Crippen molar-refractivity contribution in [3.63, 3.8) is 0 Å². The maximum Gasteiger partial charge on any atom is 0.246 e. The van der Waals surface area contributed by atoms with Crippen LogP contribution in [0.2, 0.25) is 0 Å². The Kier molecular flexibility index (Phi) is 3.75. The molecule has 4 heteroatoms. The van der Waals surface area contributed by atoms with E-state index in [0.717, 1.165) is 23.6 Å². The highest BCUT2D eigenvalue weighted by Crippen LogP contribution is 2.27. The van der Waals surface area contributed by atoms with E-state index in [0.29, 0.717) is 18.7 Å². The van der Waals surface area contributed by atoms with Gasteiger partial charge in [0.1, 0.15) is 0 Å². The summed E-state index contributed by atoms with van der Waals surface area (Å²) >= 11 is 0. The van der Waals surface area contributed by atoms with Crippen LogP contribution in [0.1, 0.15) is 11.1 Å². The van der Waals surface area contributed by atoms with Gasteiger partial charge in [-0.15, -0.1) is 0 Å². The van der Waals surface area contributed by atoms with Gasteiger partial charge in [0.05, 0.1) is 0 Å². The molecule has 2 aromatic rings. The molecule has 0 spiro atoms. The lowest BCUT2D eigenvalue weighted by atomic mass is 9.94. The Balaban J connectivity index is 1.95. The van der Waals surface area contributed by atoms with E-state index >= 15 is 0 Å². The van der Waals surface area contributed by atoms with Crippen LogP contribution in [-0.2, 0) is 17.8 Å². The minimum Gasteiger partial charge on any atom is -0.335 e. The number of benzene rings is 2. The number of amides is 1. The predicted molar refractivity (Wildman–Crippen MR) is 81.1 cm³/mol. The molecule has 0 radical (unpaired) electrons. The summed E-state index contributed by atoms with van der Waals surface area (Å²) in [4.78, 5) is 13.5. The first-order chi connectivity index (χ1) is 10.6. The molecular weight excluding hydrogens is 284 g/mol. The molecule has 0 aliphatic carbocycles. The van der Waals surface area contributed by atoms with Gasteiger partial charge in [-0.3, -0.25) is 4.79 Å². The Hall–Kier alpha value is -2.49. The Labute approximate surface area is 127 Å². The molecule has 112 valence electrons. The minimum absolute atomic E-state index is 0.0936. The van der Waals surface area contributed by atoms with Crippen molar-refractivity contribution in [2.75, 3.05) is 6.54 Å². The lowest BCUT2D eigenvalue weighted by Gasteiger charge is -2.28. The van der Waals surface area contributed by atoms with E-state index in [1.165, 1.54) is 17.7 Å². The van der Waals surface area contributed by atoms with Gasteiger partial charge in [-0.1, -0.05) is 24.8 Å². The summed E-state index contributed by atoms with van der Waals surface area (Å²) in [5, 5.41) is 0. The molecule has 0 atom stereocenters. The van der Waals surface area contributed by atoms with Gasteiger partial charge in [0.15, 0.2) is 11.6 Å². The molecule has 1 aliphatic rings. The van der Waals surface area contributed by atoms with Crippen molar-refractivity contribution in [3.05, 3.63) is 71.8 Å². The fraction of sp³-hybridized carbons (Fsp3) is 0.167. The molecule has 0 bridgehead atoms. The van der Waals surface area contributed by atoms with Crippen LogP contribution in [0.15, 0.2) is 49.1 Å². The van der Waals surface area contributed by atoms with Gasteiger partial charge >= 0.3 is 0 Å². The van der Waals surface area contributed by atoms with Gasteiger partial charge in [-0.2, -0.15) is 0 Å². The molecule has 3 rings (SSSR count). The lowest BCUT2D eigenvalue weighted by molar-refractivity contribution is -0.126. The summed E-state index contributed by atoms with van der Waals surface area (Å²) in [5.74, 6) is -1.81. The highest BCUT2D eigenvalue weighted by atomic mass is 19.2. The van der Waals surface area contributed by atoms with Gasteiger partial charge in [-0.05, 0) is 52.9 Å². The second-order valence-corrected chi connectivity index (χ2v) is 5.33. The lowest BCUT2D eigenvalue weighted by Crippen LogP contribution is -2.34. The molecule has 0 saturated heterocycles. The molecular formula is C18H15F2NO. The zero-order valence-corrected chi connectivity index (χ0v) is 12.0. The molecule has 2 nitrogen and oxygen atoms in total. The fourth-order valence-electron chi connectivity index (χ4n) is 2.73. The van der Waals surface area contributed by atoms with Crippen LogP contribution < -0.4 is 0 Å². The third-order valence-electron chi connectivity index (χ3n) is 3.96. The molecule has 1 amide bonds. The second-order valence-electron chi connectivity index (χ2n) is 5.33. The first-order valence-corrected chi connectivity index (χ1v) is 7.07. The number of carbonyl (C=O) groups is 1. The normalized spacial score (nSPS) is 13.6. The number of rotatable bonds is 2. The Morgan fingerprint density at radius 1 is 1.05 bits per heavy atom. The van der Waals surface area contributed by atoms with E-state index < -0.39 is 11.6 Å². The SMILES string of the molecule is C=CC(=O)N1CCc2ccc(-c3ccc(F)c(F)c3)cc2C1. The third kappa shape index (κ3) is 2.64. The van der Waals surface area contributed by atoms with Gasteiger partial charge in [0, 0.05) is 13.1 Å². The van der Waals surface area contributed by atoms with Gasteiger partial charge in [0.25, 0.3) is 0 Å². The van der Waals surface area contributed by atoms with Crippen molar-refractivity contribution < 1.29 is 13.6 Å². The molecule has 22 heavy (non-hydrogen) atoms. The van der Waals surface area contributed by atoms with Crippen LogP contribution in [0, 0.1) is 11.6 Å². The van der Waals surface area contributed by atoms with Crippen molar-refractivity contribution in [2.24, 2.45) is 0 Å². The van der Waals surface area contributed by atoms with Gasteiger partial charge in [-0.25, -0.2) is 8.78 Å². The van der Waals surface area contributed by atoms with E-state index in [-0.39, 0.29) is 5.91 Å². The highest BCUT2D eigenvalue weighted by molar-refractivity contribution is 5.87. The first-order valence-electron chi connectivity index (χ1n) is 7.07. The molecule has 1 heterocycles. The monoisotopic (exact) mass is 299 g/mol. The summed E-state index contributed by atoms with van der Waals surface area (Å²) in [6, 6.07) is 9.68. The zero-order chi connectivity index (χ0) is 15.7. The van der Waals surface area contributed by atoms with E-state index in [4.69, 9.17) is 0 Å². The van der Waals surface area contributed by atoms with Crippen LogP contribution in [0.5, 0.6) is 0 Å². The van der Waals surface area contributed by atoms with E-state index in [1.807, 2.05) is 18.2 Å². The molecule has 0 aromatic heterocycles. The largest absolute Gasteiger partial charge is 0.335 e. The maximum absolute atomic E-state index is 13.4. The molecule has 2 aromatic carbocycles. The quantitative estimate of drug-likeness (QED) is 0.774. The van der Waals surface area contributed by atoms with Gasteiger partial charge in [0.2, 0.25) is 5.91 Å². The fourth-order valence-corrected chi connectivity index (χ4v) is 2.73. The Morgan fingerprint density at radius 2 is 1.77 bits per heavy atom. The van der Waals surface area contributed by atoms with E-state index in [9.17, 15) is 13.6 Å². The summed E-state index contributed by atoms with van der Waals surface area (Å²) in [6.07, 6.45) is 2.09. The Bertz CT molecular complexity index is 755. The zero-order valence-electron chi connectivity index (χ0n) is 12.0. The molecule has 0 N–H and O–H groups in total. The summed E-state index contributed by atoms with van der Waals surface area (Å²) < 4.78 is 26.4. The number of halogens is 2. The first kappa shape index (κ1) is 14.4. The number of carbonyl (C=O) groups excluding carboxylic acids is 1. The number of fused-ring (bicyclic) bond motifs is 1. The number of hydrogen-bond acceptors (Lipinski definition) is 1. The van der Waals surface area contributed by atoms with Crippen molar-refractivity contribution in [2.45, 2.75) is 13.0 Å².